The third-order valence-electron chi connectivity index (χ3n) is 3.95. The summed E-state index contributed by atoms with van der Waals surface area (Å²) in [5.74, 6) is 0. The lowest BCUT2D eigenvalue weighted by Gasteiger charge is -2.43. The van der Waals surface area contributed by atoms with Gasteiger partial charge in [-0.25, -0.2) is 0 Å². The number of rotatable bonds is 6. The number of nitrogens with two attached hydrogens (primary N) is 1. The van der Waals surface area contributed by atoms with Crippen molar-refractivity contribution >= 4 is 10.2 Å². The number of hydrogen-bond acceptors (Lipinski definition) is 4. The van der Waals surface area contributed by atoms with Gasteiger partial charge in [0.15, 0.2) is 0 Å². The van der Waals surface area contributed by atoms with E-state index in [1.807, 2.05) is 13.8 Å². The molecule has 114 valence electrons. The Kier molecular flexibility index (Phi) is 5.76. The lowest BCUT2D eigenvalue weighted by Crippen LogP contribution is -2.59. The van der Waals surface area contributed by atoms with Crippen molar-refractivity contribution in [1.29, 1.82) is 0 Å². The van der Waals surface area contributed by atoms with Gasteiger partial charge in [0.2, 0.25) is 0 Å². The van der Waals surface area contributed by atoms with Gasteiger partial charge >= 0.3 is 0 Å². The van der Waals surface area contributed by atoms with Gasteiger partial charge in [-0.1, -0.05) is 13.8 Å². The van der Waals surface area contributed by atoms with Crippen LogP contribution in [0.25, 0.3) is 0 Å². The van der Waals surface area contributed by atoms with Crippen LogP contribution in [-0.2, 0) is 10.2 Å². The van der Waals surface area contributed by atoms with Crippen molar-refractivity contribution in [2.24, 2.45) is 5.73 Å². The zero-order valence-corrected chi connectivity index (χ0v) is 13.4. The molecule has 19 heavy (non-hydrogen) atoms. The summed E-state index contributed by atoms with van der Waals surface area (Å²) < 4.78 is 27.9. The van der Waals surface area contributed by atoms with Crippen molar-refractivity contribution in [2.75, 3.05) is 45.8 Å². The molecule has 1 fully saturated rings. The van der Waals surface area contributed by atoms with Gasteiger partial charge in [0.05, 0.1) is 0 Å². The summed E-state index contributed by atoms with van der Waals surface area (Å²) in [6, 6.07) is 0. The summed E-state index contributed by atoms with van der Waals surface area (Å²) >= 11 is 0. The first-order valence-corrected chi connectivity index (χ1v) is 8.39. The molecule has 0 unspecified atom stereocenters. The van der Waals surface area contributed by atoms with E-state index in [9.17, 15) is 8.42 Å². The Hall–Kier alpha value is -0.210. The van der Waals surface area contributed by atoms with Gasteiger partial charge in [-0.3, -0.25) is 4.90 Å². The minimum atomic E-state index is -3.29. The second-order valence-electron chi connectivity index (χ2n) is 5.49. The zero-order chi connectivity index (χ0) is 14.7. The molecule has 0 atom stereocenters. The Balaban J connectivity index is 2.68. The molecule has 0 saturated carbocycles. The summed E-state index contributed by atoms with van der Waals surface area (Å²) in [5.41, 5.74) is 5.70. The Morgan fingerprint density at radius 3 is 1.95 bits per heavy atom. The highest BCUT2D eigenvalue weighted by Crippen LogP contribution is 2.18. The van der Waals surface area contributed by atoms with E-state index in [-0.39, 0.29) is 5.54 Å². The molecule has 6 nitrogen and oxygen atoms in total. The molecule has 0 bridgehead atoms. The van der Waals surface area contributed by atoms with Crippen LogP contribution in [-0.4, -0.2) is 73.3 Å². The molecule has 0 aromatic heterocycles. The van der Waals surface area contributed by atoms with Crippen LogP contribution in [0.2, 0.25) is 0 Å². The molecule has 0 aromatic carbocycles. The molecule has 0 aliphatic carbocycles. The quantitative estimate of drug-likeness (QED) is 0.744. The Morgan fingerprint density at radius 1 is 1.11 bits per heavy atom. The molecule has 1 rings (SSSR count). The van der Waals surface area contributed by atoms with Gasteiger partial charge in [0.1, 0.15) is 0 Å². The fourth-order valence-electron chi connectivity index (χ4n) is 2.37. The van der Waals surface area contributed by atoms with Crippen molar-refractivity contribution < 1.29 is 8.42 Å². The minimum absolute atomic E-state index is 0.0644. The molecule has 1 aliphatic rings. The molecular formula is C12H28N4O2S. The van der Waals surface area contributed by atoms with Crippen LogP contribution < -0.4 is 5.73 Å². The van der Waals surface area contributed by atoms with Gasteiger partial charge in [0, 0.05) is 51.4 Å². The van der Waals surface area contributed by atoms with Crippen molar-refractivity contribution in [2.45, 2.75) is 33.2 Å². The third-order valence-corrected chi connectivity index (χ3v) is 6.14. The fourth-order valence-corrected chi connectivity index (χ4v) is 3.97. The van der Waals surface area contributed by atoms with E-state index in [4.69, 9.17) is 5.73 Å². The van der Waals surface area contributed by atoms with Crippen LogP contribution in [0.1, 0.15) is 27.7 Å². The van der Waals surface area contributed by atoms with Crippen LogP contribution in [0.4, 0.5) is 0 Å². The van der Waals surface area contributed by atoms with Crippen molar-refractivity contribution in [3.8, 4) is 0 Å². The lowest BCUT2D eigenvalue weighted by molar-refractivity contribution is 0.0829. The van der Waals surface area contributed by atoms with Crippen molar-refractivity contribution in [3.63, 3.8) is 0 Å². The maximum atomic E-state index is 12.4. The Morgan fingerprint density at radius 2 is 1.58 bits per heavy atom. The minimum Gasteiger partial charge on any atom is -0.329 e. The molecule has 1 aliphatic heterocycles. The predicted octanol–water partition coefficient (Wildman–Crippen LogP) is -0.0721. The molecule has 0 aromatic rings. The summed E-state index contributed by atoms with van der Waals surface area (Å²) in [6.07, 6.45) is 0. The highest BCUT2D eigenvalue weighted by Gasteiger charge is 2.34. The lowest BCUT2D eigenvalue weighted by atomic mass is 10.0. The van der Waals surface area contributed by atoms with E-state index in [1.54, 1.807) is 4.31 Å². The molecule has 1 saturated heterocycles. The largest absolute Gasteiger partial charge is 0.329 e. The average molecular weight is 292 g/mol. The van der Waals surface area contributed by atoms with Crippen LogP contribution in [0.3, 0.4) is 0 Å². The van der Waals surface area contributed by atoms with Gasteiger partial charge in [0.25, 0.3) is 10.2 Å². The molecule has 0 radical (unpaired) electrons. The van der Waals surface area contributed by atoms with Crippen LogP contribution in [0, 0.1) is 0 Å². The first kappa shape index (κ1) is 16.8. The molecule has 0 amide bonds. The number of piperazine rings is 1. The molecule has 0 spiro atoms. The summed E-state index contributed by atoms with van der Waals surface area (Å²) in [5, 5.41) is 0. The molecular weight excluding hydrogens is 264 g/mol. The van der Waals surface area contributed by atoms with E-state index in [0.29, 0.717) is 32.7 Å². The predicted molar refractivity (Wildman–Crippen MR) is 78.1 cm³/mol. The third kappa shape index (κ3) is 3.66. The second-order valence-corrected chi connectivity index (χ2v) is 7.42. The van der Waals surface area contributed by atoms with Crippen LogP contribution in [0.5, 0.6) is 0 Å². The van der Waals surface area contributed by atoms with Gasteiger partial charge < -0.3 is 5.73 Å². The van der Waals surface area contributed by atoms with Crippen molar-refractivity contribution in [3.05, 3.63) is 0 Å². The van der Waals surface area contributed by atoms with E-state index >= 15 is 0 Å². The SMILES string of the molecule is CCN(CC)S(=O)(=O)N1CCN(C(C)(C)CN)CC1. The maximum absolute atomic E-state index is 12.4. The van der Waals surface area contributed by atoms with E-state index in [1.165, 1.54) is 4.31 Å². The van der Waals surface area contributed by atoms with E-state index in [2.05, 4.69) is 18.7 Å². The summed E-state index contributed by atoms with van der Waals surface area (Å²) in [7, 11) is -3.29. The zero-order valence-electron chi connectivity index (χ0n) is 12.6. The standard InChI is InChI=1S/C12H28N4O2S/c1-5-15(6-2)19(17,18)16-9-7-14(8-10-16)12(3,4)11-13/h5-11,13H2,1-4H3. The first-order valence-electron chi connectivity index (χ1n) is 7.00. The van der Waals surface area contributed by atoms with Gasteiger partial charge in [-0.2, -0.15) is 17.0 Å². The Labute approximate surface area is 117 Å². The highest BCUT2D eigenvalue weighted by atomic mass is 32.2. The molecule has 1 heterocycles. The molecule has 2 N–H and O–H groups in total. The normalized spacial score (nSPS) is 20.1. The summed E-state index contributed by atoms with van der Waals surface area (Å²) in [4.78, 5) is 2.27. The summed E-state index contributed by atoms with van der Waals surface area (Å²) in [6.45, 7) is 12.1. The average Bonchev–Trinajstić information content (AvgIpc) is 2.40. The monoisotopic (exact) mass is 292 g/mol. The topological polar surface area (TPSA) is 69.9 Å². The van der Waals surface area contributed by atoms with Crippen LogP contribution in [0.15, 0.2) is 0 Å². The molecule has 7 heteroatoms. The Bertz CT molecular complexity index is 371. The second kappa shape index (κ2) is 6.49. The number of hydrogen-bond donors (Lipinski definition) is 1. The first-order chi connectivity index (χ1) is 8.79. The van der Waals surface area contributed by atoms with Gasteiger partial charge in [-0.15, -0.1) is 0 Å². The van der Waals surface area contributed by atoms with E-state index in [0.717, 1.165) is 13.1 Å². The van der Waals surface area contributed by atoms with Crippen molar-refractivity contribution in [1.82, 2.24) is 13.5 Å². The fraction of sp³-hybridized carbons (Fsp3) is 1.00. The number of nitrogens with zero attached hydrogens (tertiary/aromatic N) is 3. The maximum Gasteiger partial charge on any atom is 0.282 e. The van der Waals surface area contributed by atoms with Gasteiger partial charge in [-0.05, 0) is 13.8 Å². The smallest absolute Gasteiger partial charge is 0.282 e. The van der Waals surface area contributed by atoms with Crippen LogP contribution >= 0.6 is 0 Å². The van der Waals surface area contributed by atoms with E-state index < -0.39 is 10.2 Å². The highest BCUT2D eigenvalue weighted by molar-refractivity contribution is 7.86.